The summed E-state index contributed by atoms with van der Waals surface area (Å²) in [5.74, 6) is 20.9. The number of nitrogens with two attached hydrogens (primary N) is 1. The van der Waals surface area contributed by atoms with Crippen molar-refractivity contribution >= 4 is 71.5 Å². The molecule has 0 spiro atoms. The van der Waals surface area contributed by atoms with Crippen molar-refractivity contribution in [3.8, 4) is 0 Å². The highest BCUT2D eigenvalue weighted by molar-refractivity contribution is 6.03. The van der Waals surface area contributed by atoms with Crippen molar-refractivity contribution in [3.05, 3.63) is 142 Å². The fraction of sp³-hybridized carbons (Fsp3) is 0.544. The van der Waals surface area contributed by atoms with Crippen molar-refractivity contribution in [1.82, 2.24) is 87.1 Å². The van der Waals surface area contributed by atoms with Crippen LogP contribution < -0.4 is 53.6 Å². The van der Waals surface area contributed by atoms with Gasteiger partial charge in [-0.05, 0) is 156 Å². The molecule has 6 aromatic heterocycles. The van der Waals surface area contributed by atoms with Crippen molar-refractivity contribution in [1.29, 1.82) is 0 Å². The number of rotatable bonds is 18. The van der Waals surface area contributed by atoms with Crippen molar-refractivity contribution in [2.45, 2.75) is 159 Å². The summed E-state index contributed by atoms with van der Waals surface area (Å²) in [6.07, 6.45) is 4.93. The number of nitrogens with zero attached hydrogens (tertiary/aromatic N) is 20. The lowest BCUT2D eigenvalue weighted by Gasteiger charge is -2.35. The predicted octanol–water partition coefficient (Wildman–Crippen LogP) is 6.08. The molecule has 1 fully saturated rings. The molecule has 0 amide bonds. The quantitative estimate of drug-likeness (QED) is 0.0466. The van der Waals surface area contributed by atoms with E-state index in [2.05, 4.69) is 130 Å². The van der Waals surface area contributed by atoms with E-state index in [1.54, 1.807) is 14.1 Å². The molecule has 630 valence electrons. The Kier molecular flexibility index (Phi) is 35.0. The van der Waals surface area contributed by atoms with Crippen molar-refractivity contribution in [2.24, 2.45) is 65.6 Å². The van der Waals surface area contributed by atoms with Crippen molar-refractivity contribution in [2.75, 3.05) is 131 Å². The maximum atomic E-state index is 5.68. The molecule has 36 nitrogen and oxygen atoms in total. The minimum Gasteiger partial charge on any atom is -0.466 e. The second kappa shape index (κ2) is 44.5. The van der Waals surface area contributed by atoms with Gasteiger partial charge in [0.2, 0.25) is 41.7 Å². The fourth-order valence-electron chi connectivity index (χ4n) is 11.6. The summed E-state index contributed by atoms with van der Waals surface area (Å²) in [7, 11) is 25.3. The molecule has 6 aliphatic rings. The van der Waals surface area contributed by atoms with Gasteiger partial charge in [0, 0.05) is 169 Å². The lowest BCUT2D eigenvalue weighted by molar-refractivity contribution is 0.394. The highest BCUT2D eigenvalue weighted by Crippen LogP contribution is 2.16. The maximum Gasteiger partial charge on any atom is 0.205 e. The van der Waals surface area contributed by atoms with E-state index in [0.717, 1.165) is 199 Å². The molecule has 6 atom stereocenters. The van der Waals surface area contributed by atoms with Crippen LogP contribution in [0.2, 0.25) is 0 Å². The van der Waals surface area contributed by atoms with E-state index < -0.39 is 0 Å². The molecule has 11 N–H and O–H groups in total. The molecule has 6 aromatic rings. The highest BCUT2D eigenvalue weighted by Gasteiger charge is 2.26. The molecule has 36 heteroatoms. The van der Waals surface area contributed by atoms with Crippen LogP contribution in [-0.2, 0) is 38.5 Å². The summed E-state index contributed by atoms with van der Waals surface area (Å²) in [5, 5.41) is 28.2. The van der Waals surface area contributed by atoms with Crippen LogP contribution in [0.5, 0.6) is 0 Å². The van der Waals surface area contributed by atoms with Crippen LogP contribution in [0.3, 0.4) is 0 Å². The molecule has 0 aromatic carbocycles. The Balaban J connectivity index is 0.000000191. The van der Waals surface area contributed by atoms with E-state index in [4.69, 9.17) is 32.2 Å². The van der Waals surface area contributed by atoms with Crippen molar-refractivity contribution < 1.29 is 26.5 Å². The topological polar surface area (TPSA) is 387 Å². The first-order chi connectivity index (χ1) is 54.7. The highest BCUT2D eigenvalue weighted by atomic mass is 16.4. The Bertz CT molecular complexity index is 4400. The zero-order valence-corrected chi connectivity index (χ0v) is 72.3. The van der Waals surface area contributed by atoms with Gasteiger partial charge in [0.05, 0.1) is 6.17 Å². The number of hydrogen-bond acceptors (Lipinski definition) is 29. The van der Waals surface area contributed by atoms with Crippen LogP contribution in [-0.4, -0.2) is 279 Å². The Hall–Kier alpha value is -11.9. The first-order valence-corrected chi connectivity index (χ1v) is 38.9. The Morgan fingerprint density at radius 3 is 1.05 bits per heavy atom. The molecule has 0 bridgehead atoms. The van der Waals surface area contributed by atoms with Gasteiger partial charge in [-0.3, -0.25) is 51.5 Å². The standard InChI is InChI=1S/C15H25N5O.C14H23N5O.2C13H21N5O.2C12H19N5O/c1-11-7-8-13(21-11)9-10-19(5)15-17-12(2)16-14(18(3)4)20(15)6;1-10-6-7-12(20-10)8-9-19(5)14-16-11(2)15-13(17-14)18(3)4;1-9-5-6-11(19-9)7-8-14-12-15-10(2)16-13(17-12)18(3)4;1-9-5-6-11(19-9)7-8-18(4)13-16-10(2)15-12(14-3)17-13;1-8-4-5-10(18-8)6-7-17(3)12-15-9(2)14-11(13)16-12;1-8-4-5-10(18-8)6-7-14-12-16-9(2)15-11(13-3)17-12/h7-8,12H,9-10H2,1-6H3;6-7,11H,8-9H2,1-5H3,(H,15,16,17);2*5-6,10H,7-8H2,1-4H3,(H2,14,15,16,17);4-5,9H,6-7H2,1-3H3,(H3,13,14,15,16);4-5,9H,6-7H2,1-3H3,(H3,13,14,15,16,17). The molecule has 0 radical (unpaired) electrons. The van der Waals surface area contributed by atoms with Gasteiger partial charge in [-0.25, -0.2) is 39.9 Å². The molecule has 115 heavy (non-hydrogen) atoms. The average Bonchev–Trinajstić information content (AvgIpc) is 1.13. The summed E-state index contributed by atoms with van der Waals surface area (Å²) >= 11 is 0. The summed E-state index contributed by atoms with van der Waals surface area (Å²) < 4.78 is 33.3. The maximum absolute atomic E-state index is 5.68. The molecule has 6 unspecified atom stereocenters. The van der Waals surface area contributed by atoms with Crippen LogP contribution in [0.25, 0.3) is 0 Å². The second-order valence-electron chi connectivity index (χ2n) is 28.9. The molecule has 12 heterocycles. The van der Waals surface area contributed by atoms with Gasteiger partial charge < -0.3 is 87.8 Å². The van der Waals surface area contributed by atoms with E-state index in [1.165, 1.54) is 0 Å². The minimum atomic E-state index is -0.130. The summed E-state index contributed by atoms with van der Waals surface area (Å²) in [4.78, 5) is 68.9. The van der Waals surface area contributed by atoms with Gasteiger partial charge in [-0.1, -0.05) is 0 Å². The Morgan fingerprint density at radius 1 is 0.348 bits per heavy atom. The van der Waals surface area contributed by atoms with Gasteiger partial charge in [-0.2, -0.15) is 0 Å². The molecule has 0 aliphatic carbocycles. The lowest BCUT2D eigenvalue weighted by Crippen LogP contribution is -2.61. The minimum absolute atomic E-state index is 0.0308. The van der Waals surface area contributed by atoms with Crippen LogP contribution in [0, 0.1) is 41.5 Å². The fourth-order valence-corrected chi connectivity index (χ4v) is 11.6. The number of likely N-dealkylation sites (N-methyl/N-ethyl adjacent to an activating group) is 4. The van der Waals surface area contributed by atoms with Crippen LogP contribution >= 0.6 is 0 Å². The third-order valence-electron chi connectivity index (χ3n) is 17.6. The summed E-state index contributed by atoms with van der Waals surface area (Å²) in [5.41, 5.74) is 5.68. The number of furan rings is 6. The number of hydrogen-bond donors (Lipinski definition) is 10. The predicted molar refractivity (Wildman–Crippen MR) is 462 cm³/mol. The number of aryl methyl sites for hydroxylation is 6. The first kappa shape index (κ1) is 90.3. The third kappa shape index (κ3) is 30.9. The van der Waals surface area contributed by atoms with Crippen LogP contribution in [0.1, 0.15) is 111 Å². The molecule has 12 rings (SSSR count). The Labute approximate surface area is 679 Å². The van der Waals surface area contributed by atoms with Gasteiger partial charge in [-0.15, -0.1) is 0 Å². The van der Waals surface area contributed by atoms with E-state index in [-0.39, 0.29) is 37.0 Å². The molecular formula is C79H128N30O6. The normalized spacial score (nSPS) is 20.0. The molecular weight excluding hydrogens is 1470 g/mol. The average molecular weight is 1590 g/mol. The van der Waals surface area contributed by atoms with E-state index in [0.29, 0.717) is 19.0 Å². The third-order valence-corrected chi connectivity index (χ3v) is 17.6. The zero-order valence-electron chi connectivity index (χ0n) is 72.3. The summed E-state index contributed by atoms with van der Waals surface area (Å²) in [6.45, 7) is 28.3. The number of aliphatic imine (C=N–C) groups is 12. The zero-order chi connectivity index (χ0) is 84.0. The SMILES string of the molecule is CN=C1NC(=NCCc2ccc(C)o2)NC(C)N1.CN=C1NC(N(C)CCc2ccc(C)o2)=NC(C)N1.Cc1ccc(CCN(C)C2=NC(C)N=C(N(C)C)N2)o1.Cc1ccc(CCN(C)C2=NC(C)N=C(N(C)C)N2C)o1.Cc1ccc(CCN(C)C2=NC(C)N=C(N)N2)o1.Cc1ccc(CCN=C2NC(N(C)C)=NC(C)N2)o1. The van der Waals surface area contributed by atoms with E-state index >= 15 is 0 Å². The first-order valence-electron chi connectivity index (χ1n) is 38.9. The summed E-state index contributed by atoms with van der Waals surface area (Å²) in [6, 6.07) is 23.9. The second-order valence-corrected chi connectivity index (χ2v) is 28.9. The van der Waals surface area contributed by atoms with E-state index in [1.807, 2.05) is 251 Å². The smallest absolute Gasteiger partial charge is 0.205 e. The lowest BCUT2D eigenvalue weighted by atomic mass is 10.3. The largest absolute Gasteiger partial charge is 0.466 e. The number of guanidine groups is 12. The molecule has 1 saturated heterocycles. The van der Waals surface area contributed by atoms with Crippen LogP contribution in [0.4, 0.5) is 0 Å². The van der Waals surface area contributed by atoms with Crippen LogP contribution in [0.15, 0.2) is 159 Å². The Morgan fingerprint density at radius 2 is 0.661 bits per heavy atom. The number of nitrogens with one attached hydrogen (secondary N) is 9. The molecule has 0 saturated carbocycles. The van der Waals surface area contributed by atoms with Crippen molar-refractivity contribution in [3.63, 3.8) is 0 Å². The van der Waals surface area contributed by atoms with Gasteiger partial charge in [0.25, 0.3) is 0 Å². The monoisotopic (exact) mass is 1590 g/mol. The van der Waals surface area contributed by atoms with Gasteiger partial charge >= 0.3 is 0 Å². The van der Waals surface area contributed by atoms with E-state index in [9.17, 15) is 0 Å². The van der Waals surface area contributed by atoms with Gasteiger partial charge in [0.15, 0.2) is 29.8 Å². The van der Waals surface area contributed by atoms with Gasteiger partial charge in [0.1, 0.15) is 100.0 Å². The molecule has 6 aliphatic heterocycles.